The third-order valence-electron chi connectivity index (χ3n) is 2.08. The molecule has 0 aliphatic heterocycles. The summed E-state index contributed by atoms with van der Waals surface area (Å²) in [5.74, 6) is -1.70. The third-order valence-corrected chi connectivity index (χ3v) is 2.08. The van der Waals surface area contributed by atoms with Crippen molar-refractivity contribution >= 4 is 11.7 Å². The number of carbonyl (C=O) groups is 1. The number of ether oxygens (including phenoxy) is 2. The van der Waals surface area contributed by atoms with Crippen LogP contribution in [0.15, 0.2) is 18.2 Å². The van der Waals surface area contributed by atoms with Gasteiger partial charge in [-0.1, -0.05) is 0 Å². The summed E-state index contributed by atoms with van der Waals surface area (Å²) in [7, 11) is 1.43. The number of hydrogen-bond acceptors (Lipinski definition) is 5. The minimum absolute atomic E-state index is 0.148. The Morgan fingerprint density at radius 1 is 1.56 bits per heavy atom. The zero-order chi connectivity index (χ0) is 13.7. The summed E-state index contributed by atoms with van der Waals surface area (Å²) in [6.07, 6.45) is -0.578. The highest BCUT2D eigenvalue weighted by Crippen LogP contribution is 2.20. The summed E-state index contributed by atoms with van der Waals surface area (Å²) >= 11 is 0. The van der Waals surface area contributed by atoms with E-state index >= 15 is 0 Å². The van der Waals surface area contributed by atoms with Crippen molar-refractivity contribution in [2.45, 2.75) is 13.0 Å². The lowest BCUT2D eigenvalue weighted by Gasteiger charge is -2.12. The SMILES string of the molecule is COCC(C)OC(=O)c1cc(F)ccc1[N+](=O)[O-]. The largest absolute Gasteiger partial charge is 0.456 e. The Morgan fingerprint density at radius 3 is 2.78 bits per heavy atom. The fourth-order valence-corrected chi connectivity index (χ4v) is 1.35. The first-order valence-corrected chi connectivity index (χ1v) is 5.09. The topological polar surface area (TPSA) is 78.7 Å². The predicted molar refractivity (Wildman–Crippen MR) is 59.8 cm³/mol. The van der Waals surface area contributed by atoms with Gasteiger partial charge in [0, 0.05) is 13.2 Å². The molecule has 0 aromatic heterocycles. The number of halogens is 1. The van der Waals surface area contributed by atoms with Crippen LogP contribution < -0.4 is 0 Å². The minimum atomic E-state index is -0.953. The maximum Gasteiger partial charge on any atom is 0.345 e. The molecule has 0 aliphatic rings. The predicted octanol–water partition coefficient (Wildman–Crippen LogP) is 1.93. The van der Waals surface area contributed by atoms with Gasteiger partial charge in [-0.2, -0.15) is 0 Å². The zero-order valence-corrected chi connectivity index (χ0v) is 9.88. The maximum atomic E-state index is 13.0. The van der Waals surface area contributed by atoms with E-state index in [1.165, 1.54) is 7.11 Å². The van der Waals surface area contributed by atoms with Crippen molar-refractivity contribution in [1.82, 2.24) is 0 Å². The van der Waals surface area contributed by atoms with Crippen molar-refractivity contribution in [3.8, 4) is 0 Å². The van der Waals surface area contributed by atoms with Gasteiger partial charge < -0.3 is 9.47 Å². The summed E-state index contributed by atoms with van der Waals surface area (Å²) in [6, 6.07) is 2.61. The van der Waals surface area contributed by atoms with Crippen LogP contribution >= 0.6 is 0 Å². The molecule has 0 bridgehead atoms. The molecule has 0 spiro atoms. The molecule has 0 heterocycles. The molecule has 6 nitrogen and oxygen atoms in total. The number of carbonyl (C=O) groups excluding carboxylic acids is 1. The molecule has 1 aromatic carbocycles. The summed E-state index contributed by atoms with van der Waals surface area (Å²) in [4.78, 5) is 21.6. The lowest BCUT2D eigenvalue weighted by atomic mass is 10.2. The highest BCUT2D eigenvalue weighted by Gasteiger charge is 2.23. The Morgan fingerprint density at radius 2 is 2.22 bits per heavy atom. The van der Waals surface area contributed by atoms with Gasteiger partial charge in [-0.15, -0.1) is 0 Å². The van der Waals surface area contributed by atoms with Gasteiger partial charge in [0.2, 0.25) is 0 Å². The van der Waals surface area contributed by atoms with Gasteiger partial charge in [-0.3, -0.25) is 10.1 Å². The number of nitrogens with zero attached hydrogens (tertiary/aromatic N) is 1. The second kappa shape index (κ2) is 6.06. The van der Waals surface area contributed by atoms with Crippen LogP contribution in [0.3, 0.4) is 0 Å². The molecule has 1 rings (SSSR count). The number of esters is 1. The molecule has 0 fully saturated rings. The van der Waals surface area contributed by atoms with Crippen molar-refractivity contribution in [2.75, 3.05) is 13.7 Å². The molecular weight excluding hydrogens is 245 g/mol. The molecule has 18 heavy (non-hydrogen) atoms. The standard InChI is InChI=1S/C11H12FNO5/c1-7(6-17-2)18-11(14)9-5-8(12)3-4-10(9)13(15)16/h3-5,7H,6H2,1-2H3. The lowest BCUT2D eigenvalue weighted by molar-refractivity contribution is -0.385. The van der Waals surface area contributed by atoms with E-state index in [9.17, 15) is 19.3 Å². The Bertz CT molecular complexity index is 463. The molecule has 0 radical (unpaired) electrons. The molecule has 0 saturated heterocycles. The fraction of sp³-hybridized carbons (Fsp3) is 0.364. The summed E-state index contributed by atoms with van der Waals surface area (Å²) < 4.78 is 22.6. The number of hydrogen-bond donors (Lipinski definition) is 0. The van der Waals surface area contributed by atoms with Crippen molar-refractivity contribution in [2.24, 2.45) is 0 Å². The van der Waals surface area contributed by atoms with Crippen LogP contribution in [0, 0.1) is 15.9 Å². The quantitative estimate of drug-likeness (QED) is 0.457. The molecule has 7 heteroatoms. The van der Waals surface area contributed by atoms with E-state index in [2.05, 4.69) is 0 Å². The molecule has 1 unspecified atom stereocenters. The normalized spacial score (nSPS) is 11.9. The number of nitro groups is 1. The van der Waals surface area contributed by atoms with Crippen LogP contribution in [-0.4, -0.2) is 30.7 Å². The van der Waals surface area contributed by atoms with Crippen LogP contribution in [0.5, 0.6) is 0 Å². The summed E-state index contributed by atoms with van der Waals surface area (Å²) in [6.45, 7) is 1.71. The van der Waals surface area contributed by atoms with Crippen LogP contribution in [0.4, 0.5) is 10.1 Å². The fourth-order valence-electron chi connectivity index (χ4n) is 1.35. The van der Waals surface area contributed by atoms with Crippen molar-refractivity contribution in [3.63, 3.8) is 0 Å². The van der Waals surface area contributed by atoms with Crippen LogP contribution in [0.1, 0.15) is 17.3 Å². The van der Waals surface area contributed by atoms with E-state index in [1.807, 2.05) is 0 Å². The van der Waals surface area contributed by atoms with Gasteiger partial charge in [0.25, 0.3) is 5.69 Å². The van der Waals surface area contributed by atoms with Gasteiger partial charge >= 0.3 is 5.97 Å². The molecule has 1 atom stereocenters. The van der Waals surface area contributed by atoms with E-state index < -0.39 is 34.1 Å². The molecule has 0 saturated carbocycles. The van der Waals surface area contributed by atoms with Gasteiger partial charge in [0.15, 0.2) is 0 Å². The van der Waals surface area contributed by atoms with Crippen molar-refractivity contribution < 1.29 is 23.6 Å². The molecule has 1 aromatic rings. The van der Waals surface area contributed by atoms with E-state index in [4.69, 9.17) is 9.47 Å². The smallest absolute Gasteiger partial charge is 0.345 e. The van der Waals surface area contributed by atoms with Crippen LogP contribution in [0.2, 0.25) is 0 Å². The summed E-state index contributed by atoms with van der Waals surface area (Å²) in [5, 5.41) is 10.7. The van der Waals surface area contributed by atoms with Gasteiger partial charge in [-0.25, -0.2) is 9.18 Å². The maximum absolute atomic E-state index is 13.0. The van der Waals surface area contributed by atoms with E-state index in [-0.39, 0.29) is 6.61 Å². The number of methoxy groups -OCH3 is 1. The average molecular weight is 257 g/mol. The zero-order valence-electron chi connectivity index (χ0n) is 9.88. The highest BCUT2D eigenvalue weighted by molar-refractivity contribution is 5.94. The average Bonchev–Trinajstić information content (AvgIpc) is 2.28. The molecular formula is C11H12FNO5. The Labute approximate surface area is 102 Å². The third kappa shape index (κ3) is 3.49. The highest BCUT2D eigenvalue weighted by atomic mass is 19.1. The van der Waals surface area contributed by atoms with E-state index in [0.29, 0.717) is 0 Å². The second-order valence-corrected chi connectivity index (χ2v) is 3.59. The first kappa shape index (κ1) is 14.0. The molecule has 0 aliphatic carbocycles. The number of rotatable bonds is 5. The summed E-state index contributed by atoms with van der Waals surface area (Å²) in [5.41, 5.74) is -0.908. The number of nitro benzene ring substituents is 1. The molecule has 98 valence electrons. The van der Waals surface area contributed by atoms with Crippen molar-refractivity contribution in [1.29, 1.82) is 0 Å². The van der Waals surface area contributed by atoms with Gasteiger partial charge in [0.05, 0.1) is 11.5 Å². The van der Waals surface area contributed by atoms with E-state index in [0.717, 1.165) is 18.2 Å². The van der Waals surface area contributed by atoms with E-state index in [1.54, 1.807) is 6.92 Å². The van der Waals surface area contributed by atoms with Crippen LogP contribution in [0.25, 0.3) is 0 Å². The Kier molecular flexibility index (Phi) is 4.73. The first-order chi connectivity index (χ1) is 8.45. The van der Waals surface area contributed by atoms with Crippen molar-refractivity contribution in [3.05, 3.63) is 39.7 Å². The lowest BCUT2D eigenvalue weighted by Crippen LogP contribution is -2.20. The Balaban J connectivity index is 2.97. The second-order valence-electron chi connectivity index (χ2n) is 3.59. The monoisotopic (exact) mass is 257 g/mol. The minimum Gasteiger partial charge on any atom is -0.456 e. The van der Waals surface area contributed by atoms with Crippen LogP contribution in [-0.2, 0) is 9.47 Å². The number of benzene rings is 1. The Hall–Kier alpha value is -2.02. The van der Waals surface area contributed by atoms with Gasteiger partial charge in [0.1, 0.15) is 17.5 Å². The molecule has 0 N–H and O–H groups in total. The first-order valence-electron chi connectivity index (χ1n) is 5.09. The van der Waals surface area contributed by atoms with Gasteiger partial charge in [-0.05, 0) is 19.1 Å². The molecule has 0 amide bonds.